The van der Waals surface area contributed by atoms with E-state index in [4.69, 9.17) is 0 Å². The van der Waals surface area contributed by atoms with Crippen LogP contribution >= 0.6 is 0 Å². The molecule has 0 unspecified atom stereocenters. The van der Waals surface area contributed by atoms with Crippen LogP contribution in [0.4, 0.5) is 13.2 Å². The summed E-state index contributed by atoms with van der Waals surface area (Å²) in [5, 5.41) is 24.2. The van der Waals surface area contributed by atoms with Crippen LogP contribution in [0.3, 0.4) is 0 Å². The third-order valence-corrected chi connectivity index (χ3v) is 13.4. The van der Waals surface area contributed by atoms with Crippen molar-refractivity contribution in [2.45, 2.75) is 33.9 Å². The van der Waals surface area contributed by atoms with E-state index in [-0.39, 0.29) is 11.1 Å². The molecule has 0 N–H and O–H groups in total. The number of aromatic nitrogens is 2. The van der Waals surface area contributed by atoms with Crippen molar-refractivity contribution < 1.29 is 13.2 Å². The lowest BCUT2D eigenvalue weighted by Gasteiger charge is -2.21. The maximum atomic E-state index is 15.0. The van der Waals surface area contributed by atoms with Crippen molar-refractivity contribution in [1.29, 1.82) is 10.5 Å². The van der Waals surface area contributed by atoms with Crippen LogP contribution in [0.2, 0.25) is 0 Å². The zero-order chi connectivity index (χ0) is 47.0. The molecule has 68 heavy (non-hydrogen) atoms. The molecule has 0 amide bonds. The van der Waals surface area contributed by atoms with Crippen LogP contribution < -0.4 is 0 Å². The molecule has 11 aromatic rings. The molecule has 11 rings (SSSR count). The fraction of sp³-hybridized carbons (Fsp3) is 0.0820. The lowest BCUT2D eigenvalue weighted by atomic mass is 9.92. The summed E-state index contributed by atoms with van der Waals surface area (Å²) in [6.45, 7) is 8.42. The summed E-state index contributed by atoms with van der Waals surface area (Å²) in [6.07, 6.45) is -4.73. The maximum Gasteiger partial charge on any atom is 0.417 e. The van der Waals surface area contributed by atoms with E-state index in [0.717, 1.165) is 88.7 Å². The number of alkyl halides is 3. The molecule has 0 aliphatic carbocycles. The van der Waals surface area contributed by atoms with E-state index < -0.39 is 11.7 Å². The molecule has 2 aromatic heterocycles. The number of nitriles is 2. The SMILES string of the molecule is Cc1ccc(-c2ccc3c(c2)c2ccccc2n3-c2ccc(C#N)cc2-c2ccc(-c3ccc(C#N)cc3C(F)(F)F)cc2-n2c3ccccc3c3cc(-c4ccc(C)cc4C)ccc32)c(C)c1. The number of benzene rings is 9. The van der Waals surface area contributed by atoms with Crippen LogP contribution in [0, 0.1) is 50.4 Å². The largest absolute Gasteiger partial charge is 0.417 e. The highest BCUT2D eigenvalue weighted by Gasteiger charge is 2.34. The highest BCUT2D eigenvalue weighted by atomic mass is 19.4. The Hall–Kier alpha value is -8.65. The quantitative estimate of drug-likeness (QED) is 0.167. The van der Waals surface area contributed by atoms with E-state index in [2.05, 4.69) is 134 Å². The zero-order valence-electron chi connectivity index (χ0n) is 37.7. The van der Waals surface area contributed by atoms with E-state index in [1.165, 1.54) is 28.8 Å². The number of halogens is 3. The number of hydrogen-bond donors (Lipinski definition) is 0. The van der Waals surface area contributed by atoms with Gasteiger partial charge >= 0.3 is 6.18 Å². The van der Waals surface area contributed by atoms with Crippen LogP contribution in [-0.2, 0) is 6.18 Å². The van der Waals surface area contributed by atoms with E-state index in [1.807, 2.05) is 66.7 Å². The summed E-state index contributed by atoms with van der Waals surface area (Å²) in [7, 11) is 0. The number of rotatable bonds is 6. The number of hydrogen-bond acceptors (Lipinski definition) is 2. The van der Waals surface area contributed by atoms with Crippen molar-refractivity contribution >= 4 is 43.6 Å². The Morgan fingerprint density at radius 3 is 1.38 bits per heavy atom. The molecule has 0 spiro atoms. The molecular weight excluding hydrogens is 846 g/mol. The first-order valence-corrected chi connectivity index (χ1v) is 22.4. The smallest absolute Gasteiger partial charge is 0.309 e. The Morgan fingerprint density at radius 2 is 0.838 bits per heavy atom. The topological polar surface area (TPSA) is 57.4 Å². The molecule has 0 saturated heterocycles. The van der Waals surface area contributed by atoms with Crippen molar-refractivity contribution in [2.75, 3.05) is 0 Å². The highest BCUT2D eigenvalue weighted by molar-refractivity contribution is 6.13. The van der Waals surface area contributed by atoms with E-state index in [9.17, 15) is 23.7 Å². The van der Waals surface area contributed by atoms with E-state index in [0.29, 0.717) is 22.4 Å². The summed E-state index contributed by atoms with van der Waals surface area (Å²) in [6, 6.07) is 61.3. The lowest BCUT2D eigenvalue weighted by molar-refractivity contribution is -0.137. The number of aryl methyl sites for hydroxylation is 4. The average Bonchev–Trinajstić information content (AvgIpc) is 3.85. The molecule has 0 aliphatic rings. The minimum absolute atomic E-state index is 0.0461. The van der Waals surface area contributed by atoms with Crippen LogP contribution in [0.25, 0.3) is 99.5 Å². The predicted molar refractivity (Wildman–Crippen MR) is 270 cm³/mol. The molecule has 0 atom stereocenters. The second-order valence-electron chi connectivity index (χ2n) is 17.8. The standard InChI is InChI=1S/C61H41F3N4/c1-36-13-20-45(38(3)27-36)42-18-25-58-52(31-42)48-9-5-7-11-55(48)67(58)57-24-16-40(34-65)29-51(57)50-23-17-44(47-22-15-41(35-66)30-54(47)61(62,63)64)33-60(50)68-56-12-8-6-10-49(56)53-32-43(19-26-59(53)68)46-21-14-37(2)28-39(46)4/h5-33H,1-4H3. The summed E-state index contributed by atoms with van der Waals surface area (Å²) >= 11 is 0. The summed E-state index contributed by atoms with van der Waals surface area (Å²) in [5.41, 5.74) is 15.4. The Morgan fingerprint density at radius 1 is 0.382 bits per heavy atom. The van der Waals surface area contributed by atoms with Crippen molar-refractivity contribution in [2.24, 2.45) is 0 Å². The van der Waals surface area contributed by atoms with Gasteiger partial charge in [0, 0.05) is 32.7 Å². The molecule has 0 fully saturated rings. The number of fused-ring (bicyclic) bond motifs is 6. The molecule has 0 radical (unpaired) electrons. The van der Waals surface area contributed by atoms with Gasteiger partial charge < -0.3 is 9.13 Å². The average molecular weight is 887 g/mol. The first-order chi connectivity index (χ1) is 32.9. The first-order valence-electron chi connectivity index (χ1n) is 22.4. The van der Waals surface area contributed by atoms with Gasteiger partial charge in [-0.25, -0.2) is 0 Å². The second-order valence-corrected chi connectivity index (χ2v) is 17.8. The summed E-state index contributed by atoms with van der Waals surface area (Å²) < 4.78 is 49.3. The molecule has 326 valence electrons. The number of nitrogens with zero attached hydrogens (tertiary/aromatic N) is 4. The minimum atomic E-state index is -4.73. The zero-order valence-corrected chi connectivity index (χ0v) is 37.7. The third kappa shape index (κ3) is 6.91. The molecule has 0 aliphatic heterocycles. The number of para-hydroxylation sites is 2. The van der Waals surface area contributed by atoms with Gasteiger partial charge in [-0.3, -0.25) is 0 Å². The van der Waals surface area contributed by atoms with Crippen LogP contribution in [0.5, 0.6) is 0 Å². The van der Waals surface area contributed by atoms with Gasteiger partial charge in [-0.2, -0.15) is 23.7 Å². The van der Waals surface area contributed by atoms with Crippen LogP contribution in [-0.4, -0.2) is 9.13 Å². The van der Waals surface area contributed by atoms with Crippen LogP contribution in [0.15, 0.2) is 176 Å². The maximum absolute atomic E-state index is 15.0. The molecule has 0 bridgehead atoms. The van der Waals surface area contributed by atoms with E-state index >= 15 is 0 Å². The fourth-order valence-corrected chi connectivity index (χ4v) is 10.3. The Balaban J connectivity index is 1.22. The summed E-state index contributed by atoms with van der Waals surface area (Å²) in [4.78, 5) is 0. The monoisotopic (exact) mass is 886 g/mol. The Labute approximate surface area is 391 Å². The van der Waals surface area contributed by atoms with Crippen molar-refractivity contribution in [3.05, 3.63) is 215 Å². The molecule has 0 saturated carbocycles. The van der Waals surface area contributed by atoms with Gasteiger partial charge in [-0.1, -0.05) is 114 Å². The van der Waals surface area contributed by atoms with Crippen molar-refractivity contribution in [1.82, 2.24) is 9.13 Å². The molecule has 9 aromatic carbocycles. The third-order valence-electron chi connectivity index (χ3n) is 13.4. The van der Waals surface area contributed by atoms with Crippen LogP contribution in [0.1, 0.15) is 38.9 Å². The molecule has 2 heterocycles. The van der Waals surface area contributed by atoms with Gasteiger partial charge in [0.2, 0.25) is 0 Å². The normalized spacial score (nSPS) is 11.7. The van der Waals surface area contributed by atoms with Gasteiger partial charge in [0.1, 0.15) is 0 Å². The Bertz CT molecular complexity index is 3980. The van der Waals surface area contributed by atoms with Gasteiger partial charge in [0.25, 0.3) is 0 Å². The Kier molecular flexibility index (Phi) is 9.92. The highest BCUT2D eigenvalue weighted by Crippen LogP contribution is 2.45. The van der Waals surface area contributed by atoms with Crippen molar-refractivity contribution in [3.8, 4) is 68.0 Å². The van der Waals surface area contributed by atoms with Gasteiger partial charge in [-0.15, -0.1) is 0 Å². The summed E-state index contributed by atoms with van der Waals surface area (Å²) in [5.74, 6) is 0. The van der Waals surface area contributed by atoms with Crippen molar-refractivity contribution in [3.63, 3.8) is 0 Å². The van der Waals surface area contributed by atoms with Gasteiger partial charge in [0.05, 0.1) is 62.3 Å². The van der Waals surface area contributed by atoms with Gasteiger partial charge in [0.15, 0.2) is 0 Å². The lowest BCUT2D eigenvalue weighted by Crippen LogP contribution is -2.08. The van der Waals surface area contributed by atoms with E-state index in [1.54, 1.807) is 6.07 Å². The molecule has 7 heteroatoms. The molecule has 4 nitrogen and oxygen atoms in total. The second kappa shape index (κ2) is 16.0. The predicted octanol–water partition coefficient (Wildman–Crippen LogP) is 16.5. The fourth-order valence-electron chi connectivity index (χ4n) is 10.3. The minimum Gasteiger partial charge on any atom is -0.309 e. The molecular formula is C61H41F3N4. The first kappa shape index (κ1) is 42.0. The van der Waals surface area contributed by atoms with Gasteiger partial charge in [-0.05, 0) is 145 Å².